The fourth-order valence-corrected chi connectivity index (χ4v) is 2.28. The van der Waals surface area contributed by atoms with Gasteiger partial charge in [-0.25, -0.2) is 0 Å². The van der Waals surface area contributed by atoms with Crippen LogP contribution in [0.2, 0.25) is 0 Å². The standard InChI is InChI=1S/C11H15N3O2S/c1-6-5-17-10(9(6)12)11-13-8(14-16-11)4-7(2)15-3/h5,7H,4,12H2,1-3H3. The third-order valence-corrected chi connectivity index (χ3v) is 3.66. The Morgan fingerprint density at radius 2 is 2.35 bits per heavy atom. The molecule has 2 heterocycles. The Labute approximate surface area is 104 Å². The van der Waals surface area contributed by atoms with Crippen molar-refractivity contribution in [2.45, 2.75) is 26.4 Å². The molecule has 2 rings (SSSR count). The zero-order chi connectivity index (χ0) is 12.4. The zero-order valence-electron chi connectivity index (χ0n) is 10.1. The number of hydrogen-bond acceptors (Lipinski definition) is 6. The number of rotatable bonds is 4. The second kappa shape index (κ2) is 4.85. The maximum Gasteiger partial charge on any atom is 0.270 e. The quantitative estimate of drug-likeness (QED) is 0.904. The number of anilines is 1. The predicted molar refractivity (Wildman–Crippen MR) is 66.9 cm³/mol. The van der Waals surface area contributed by atoms with Crippen molar-refractivity contribution in [3.05, 3.63) is 16.8 Å². The second-order valence-electron chi connectivity index (χ2n) is 3.93. The number of nitrogen functional groups attached to an aromatic ring is 1. The number of hydrogen-bond donors (Lipinski definition) is 1. The van der Waals surface area contributed by atoms with Crippen LogP contribution in [0.5, 0.6) is 0 Å². The van der Waals surface area contributed by atoms with Crippen LogP contribution in [-0.2, 0) is 11.2 Å². The average Bonchev–Trinajstić information content (AvgIpc) is 2.88. The fourth-order valence-electron chi connectivity index (χ4n) is 1.39. The molecule has 0 bridgehead atoms. The van der Waals surface area contributed by atoms with Gasteiger partial charge in [-0.3, -0.25) is 0 Å². The Bertz CT molecular complexity index is 507. The maximum atomic E-state index is 5.93. The van der Waals surface area contributed by atoms with E-state index >= 15 is 0 Å². The maximum absolute atomic E-state index is 5.93. The van der Waals surface area contributed by atoms with E-state index in [1.807, 2.05) is 19.2 Å². The van der Waals surface area contributed by atoms with Crippen molar-refractivity contribution in [1.82, 2.24) is 10.1 Å². The highest BCUT2D eigenvalue weighted by Gasteiger charge is 2.16. The zero-order valence-corrected chi connectivity index (χ0v) is 10.9. The summed E-state index contributed by atoms with van der Waals surface area (Å²) in [5.74, 6) is 1.12. The van der Waals surface area contributed by atoms with Gasteiger partial charge in [0.2, 0.25) is 0 Å². The van der Waals surface area contributed by atoms with Gasteiger partial charge in [0.05, 0.1) is 11.8 Å². The van der Waals surface area contributed by atoms with Gasteiger partial charge in [0.25, 0.3) is 5.89 Å². The summed E-state index contributed by atoms with van der Waals surface area (Å²) >= 11 is 1.51. The summed E-state index contributed by atoms with van der Waals surface area (Å²) in [7, 11) is 1.66. The highest BCUT2D eigenvalue weighted by Crippen LogP contribution is 2.33. The van der Waals surface area contributed by atoms with Crippen molar-refractivity contribution >= 4 is 17.0 Å². The SMILES string of the molecule is COC(C)Cc1noc(-c2scc(C)c2N)n1. The molecule has 5 nitrogen and oxygen atoms in total. The third-order valence-electron chi connectivity index (χ3n) is 2.56. The first-order valence-corrected chi connectivity index (χ1v) is 6.19. The first kappa shape index (κ1) is 12.1. The van der Waals surface area contributed by atoms with Crippen molar-refractivity contribution < 1.29 is 9.26 Å². The minimum Gasteiger partial charge on any atom is -0.397 e. The molecular formula is C11H15N3O2S. The first-order chi connectivity index (χ1) is 8.11. The van der Waals surface area contributed by atoms with Crippen LogP contribution in [0.3, 0.4) is 0 Å². The molecule has 0 spiro atoms. The molecule has 0 aromatic carbocycles. The smallest absolute Gasteiger partial charge is 0.270 e. The van der Waals surface area contributed by atoms with E-state index in [9.17, 15) is 0 Å². The van der Waals surface area contributed by atoms with Gasteiger partial charge in [-0.15, -0.1) is 11.3 Å². The monoisotopic (exact) mass is 253 g/mol. The van der Waals surface area contributed by atoms with Crippen LogP contribution in [0.15, 0.2) is 9.90 Å². The largest absolute Gasteiger partial charge is 0.397 e. The lowest BCUT2D eigenvalue weighted by Crippen LogP contribution is -2.09. The number of aryl methyl sites for hydroxylation is 1. The number of ether oxygens (including phenoxy) is 1. The van der Waals surface area contributed by atoms with Crippen molar-refractivity contribution in [3.63, 3.8) is 0 Å². The normalized spacial score (nSPS) is 12.9. The van der Waals surface area contributed by atoms with Gasteiger partial charge < -0.3 is 15.0 Å². The molecule has 0 aliphatic rings. The lowest BCUT2D eigenvalue weighted by Gasteiger charge is -2.03. The van der Waals surface area contributed by atoms with Crippen LogP contribution < -0.4 is 5.73 Å². The Balaban J connectivity index is 2.21. The summed E-state index contributed by atoms with van der Waals surface area (Å²) < 4.78 is 10.4. The molecular weight excluding hydrogens is 238 g/mol. The minimum absolute atomic E-state index is 0.0721. The molecule has 92 valence electrons. The topological polar surface area (TPSA) is 74.2 Å². The summed E-state index contributed by atoms with van der Waals surface area (Å²) in [6.45, 7) is 3.92. The van der Waals surface area contributed by atoms with Crippen LogP contribution in [0.4, 0.5) is 5.69 Å². The molecule has 1 atom stereocenters. The average molecular weight is 253 g/mol. The van der Waals surface area contributed by atoms with Gasteiger partial charge in [-0.1, -0.05) is 5.16 Å². The van der Waals surface area contributed by atoms with Gasteiger partial charge in [-0.05, 0) is 24.8 Å². The molecule has 0 fully saturated rings. The van der Waals surface area contributed by atoms with E-state index in [1.165, 1.54) is 11.3 Å². The number of thiophene rings is 1. The summed E-state index contributed by atoms with van der Waals surface area (Å²) in [4.78, 5) is 5.15. The number of methoxy groups -OCH3 is 1. The first-order valence-electron chi connectivity index (χ1n) is 5.31. The number of aromatic nitrogens is 2. The fraction of sp³-hybridized carbons (Fsp3) is 0.455. The molecule has 0 saturated carbocycles. The number of nitrogens with zero attached hydrogens (tertiary/aromatic N) is 2. The lowest BCUT2D eigenvalue weighted by atomic mass is 10.2. The van der Waals surface area contributed by atoms with Gasteiger partial charge in [0.1, 0.15) is 4.88 Å². The van der Waals surface area contributed by atoms with Crippen LogP contribution >= 0.6 is 11.3 Å². The van der Waals surface area contributed by atoms with E-state index in [2.05, 4.69) is 10.1 Å². The van der Waals surface area contributed by atoms with E-state index in [-0.39, 0.29) is 6.10 Å². The molecule has 0 aliphatic heterocycles. The molecule has 2 N–H and O–H groups in total. The molecule has 6 heteroatoms. The summed E-state index contributed by atoms with van der Waals surface area (Å²) in [6.07, 6.45) is 0.701. The summed E-state index contributed by atoms with van der Waals surface area (Å²) in [5, 5.41) is 5.89. The van der Waals surface area contributed by atoms with Gasteiger partial charge in [-0.2, -0.15) is 4.98 Å². The molecule has 17 heavy (non-hydrogen) atoms. The van der Waals surface area contributed by atoms with E-state index in [4.69, 9.17) is 15.0 Å². The van der Waals surface area contributed by atoms with Crippen molar-refractivity contribution in [1.29, 1.82) is 0 Å². The molecule has 2 aromatic rings. The molecule has 0 amide bonds. The molecule has 0 aliphatic carbocycles. The lowest BCUT2D eigenvalue weighted by molar-refractivity contribution is 0.116. The van der Waals surface area contributed by atoms with Crippen LogP contribution in [0.1, 0.15) is 18.3 Å². The van der Waals surface area contributed by atoms with E-state index in [0.29, 0.717) is 23.8 Å². The van der Waals surface area contributed by atoms with Crippen LogP contribution in [0.25, 0.3) is 10.8 Å². The molecule has 0 saturated heterocycles. The molecule has 1 unspecified atom stereocenters. The van der Waals surface area contributed by atoms with E-state index < -0.39 is 0 Å². The van der Waals surface area contributed by atoms with Crippen molar-refractivity contribution in [2.24, 2.45) is 0 Å². The Kier molecular flexibility index (Phi) is 3.44. The Hall–Kier alpha value is -1.40. The second-order valence-corrected chi connectivity index (χ2v) is 4.81. The summed E-state index contributed by atoms with van der Waals surface area (Å²) in [6, 6.07) is 0. The Morgan fingerprint density at radius 3 is 2.94 bits per heavy atom. The highest BCUT2D eigenvalue weighted by atomic mass is 32.1. The van der Waals surface area contributed by atoms with Gasteiger partial charge in [0.15, 0.2) is 5.82 Å². The highest BCUT2D eigenvalue weighted by molar-refractivity contribution is 7.14. The van der Waals surface area contributed by atoms with Gasteiger partial charge >= 0.3 is 0 Å². The number of nitrogens with two attached hydrogens (primary N) is 1. The van der Waals surface area contributed by atoms with E-state index in [1.54, 1.807) is 7.11 Å². The van der Waals surface area contributed by atoms with Crippen molar-refractivity contribution in [3.8, 4) is 10.8 Å². The Morgan fingerprint density at radius 1 is 1.59 bits per heavy atom. The molecule has 2 aromatic heterocycles. The van der Waals surface area contributed by atoms with Gasteiger partial charge in [0, 0.05) is 13.5 Å². The molecule has 0 radical (unpaired) electrons. The van der Waals surface area contributed by atoms with Crippen molar-refractivity contribution in [2.75, 3.05) is 12.8 Å². The third kappa shape index (κ3) is 2.48. The van der Waals surface area contributed by atoms with E-state index in [0.717, 1.165) is 10.4 Å². The van der Waals surface area contributed by atoms with Crippen LogP contribution in [-0.4, -0.2) is 23.4 Å². The predicted octanol–water partition coefficient (Wildman–Crippen LogP) is 2.27. The van der Waals surface area contributed by atoms with Crippen LogP contribution in [0, 0.1) is 6.92 Å². The minimum atomic E-state index is 0.0721. The summed E-state index contributed by atoms with van der Waals surface area (Å²) in [5.41, 5.74) is 7.68.